The molecule has 0 bridgehead atoms. The maximum atomic E-state index is 2.52. The van der Waals surface area contributed by atoms with E-state index in [1.54, 1.807) is 0 Å². The smallest absolute Gasteiger partial charge is 0.0292 e. The monoisotopic (exact) mass is 152 g/mol. The zero-order valence-corrected chi connectivity index (χ0v) is 7.90. The molecule has 2 aliphatic rings. The number of rotatable bonds is 1. The Bertz CT molecular complexity index is 136. The summed E-state index contributed by atoms with van der Waals surface area (Å²) in [6, 6.07) is 0. The molecule has 0 aromatic carbocycles. The van der Waals surface area contributed by atoms with E-state index >= 15 is 0 Å². The van der Waals surface area contributed by atoms with E-state index in [4.69, 9.17) is 0 Å². The van der Waals surface area contributed by atoms with E-state index in [0.717, 1.165) is 17.3 Å². The van der Waals surface area contributed by atoms with Gasteiger partial charge < -0.3 is 0 Å². The summed E-state index contributed by atoms with van der Waals surface area (Å²) >= 11 is 0. The van der Waals surface area contributed by atoms with Crippen LogP contribution in [0.2, 0.25) is 0 Å². The Kier molecular flexibility index (Phi) is 1.74. The van der Waals surface area contributed by atoms with Gasteiger partial charge in [-0.15, -0.1) is 0 Å². The van der Waals surface area contributed by atoms with Crippen LogP contribution >= 0.6 is 0 Å². The molecule has 0 aromatic rings. The Morgan fingerprint density at radius 1 is 1.09 bits per heavy atom. The van der Waals surface area contributed by atoms with Crippen LogP contribution in [0.1, 0.15) is 52.4 Å². The molecule has 11 heavy (non-hydrogen) atoms. The van der Waals surface area contributed by atoms with Gasteiger partial charge in [-0.2, -0.15) is 0 Å². The van der Waals surface area contributed by atoms with Gasteiger partial charge in [-0.3, -0.25) is 0 Å². The third kappa shape index (κ3) is 1.21. The van der Waals surface area contributed by atoms with Gasteiger partial charge >= 0.3 is 0 Å². The molecule has 0 radical (unpaired) electrons. The van der Waals surface area contributed by atoms with Crippen LogP contribution < -0.4 is 0 Å². The van der Waals surface area contributed by atoms with Crippen molar-refractivity contribution in [1.82, 2.24) is 0 Å². The SMILES string of the molecule is CC1CC(C)(C2CCCC2)C1. The van der Waals surface area contributed by atoms with Gasteiger partial charge in [-0.25, -0.2) is 0 Å². The van der Waals surface area contributed by atoms with Crippen molar-refractivity contribution in [2.75, 3.05) is 0 Å². The van der Waals surface area contributed by atoms with E-state index in [1.807, 2.05) is 0 Å². The van der Waals surface area contributed by atoms with Crippen LogP contribution in [0.4, 0.5) is 0 Å². The number of hydrogen-bond acceptors (Lipinski definition) is 0. The van der Waals surface area contributed by atoms with Crippen molar-refractivity contribution in [2.24, 2.45) is 17.3 Å². The van der Waals surface area contributed by atoms with Crippen LogP contribution in [0.5, 0.6) is 0 Å². The Morgan fingerprint density at radius 3 is 2.09 bits per heavy atom. The molecule has 0 heterocycles. The second-order valence-corrected chi connectivity index (χ2v) is 5.15. The largest absolute Gasteiger partial charge is 0.0625 e. The molecule has 64 valence electrons. The second kappa shape index (κ2) is 2.50. The average Bonchev–Trinajstić information content (AvgIpc) is 2.34. The summed E-state index contributed by atoms with van der Waals surface area (Å²) in [5.74, 6) is 2.12. The molecule has 0 nitrogen and oxygen atoms in total. The fraction of sp³-hybridized carbons (Fsp3) is 1.00. The molecule has 0 N–H and O–H groups in total. The zero-order valence-electron chi connectivity index (χ0n) is 7.90. The van der Waals surface area contributed by atoms with E-state index in [-0.39, 0.29) is 0 Å². The van der Waals surface area contributed by atoms with Crippen LogP contribution in [-0.2, 0) is 0 Å². The van der Waals surface area contributed by atoms with Crippen LogP contribution in [0.3, 0.4) is 0 Å². The maximum absolute atomic E-state index is 2.52. The van der Waals surface area contributed by atoms with Crippen molar-refractivity contribution >= 4 is 0 Å². The summed E-state index contributed by atoms with van der Waals surface area (Å²) in [4.78, 5) is 0. The van der Waals surface area contributed by atoms with Crippen LogP contribution in [0.25, 0.3) is 0 Å². The third-order valence-electron chi connectivity index (χ3n) is 3.97. The van der Waals surface area contributed by atoms with Gasteiger partial charge in [0.05, 0.1) is 0 Å². The molecule has 2 fully saturated rings. The Morgan fingerprint density at radius 2 is 1.64 bits per heavy atom. The molecule has 2 aliphatic carbocycles. The first kappa shape index (κ1) is 7.64. The molecule has 0 amide bonds. The molecular weight excluding hydrogens is 132 g/mol. The van der Waals surface area contributed by atoms with E-state index in [1.165, 1.54) is 38.5 Å². The van der Waals surface area contributed by atoms with Crippen molar-refractivity contribution in [2.45, 2.75) is 52.4 Å². The highest BCUT2D eigenvalue weighted by Gasteiger charge is 2.44. The van der Waals surface area contributed by atoms with Gasteiger partial charge in [-0.1, -0.05) is 26.7 Å². The Labute approximate surface area is 70.4 Å². The molecule has 0 atom stereocenters. The van der Waals surface area contributed by atoms with Gasteiger partial charge in [0.1, 0.15) is 0 Å². The molecule has 0 saturated heterocycles. The normalized spacial score (nSPS) is 45.8. The molecule has 0 aliphatic heterocycles. The topological polar surface area (TPSA) is 0 Å². The van der Waals surface area contributed by atoms with Gasteiger partial charge in [0, 0.05) is 0 Å². The van der Waals surface area contributed by atoms with Gasteiger partial charge in [-0.05, 0) is 42.9 Å². The maximum Gasteiger partial charge on any atom is -0.0292 e. The highest BCUT2D eigenvalue weighted by atomic mass is 14.5. The van der Waals surface area contributed by atoms with Crippen LogP contribution in [0, 0.1) is 17.3 Å². The second-order valence-electron chi connectivity index (χ2n) is 5.15. The summed E-state index contributed by atoms with van der Waals surface area (Å²) in [6.45, 7) is 4.92. The predicted molar refractivity (Wildman–Crippen MR) is 48.5 cm³/mol. The summed E-state index contributed by atoms with van der Waals surface area (Å²) in [7, 11) is 0. The predicted octanol–water partition coefficient (Wildman–Crippen LogP) is 3.61. The molecular formula is C11H20. The molecule has 0 unspecified atom stereocenters. The van der Waals surface area contributed by atoms with E-state index in [2.05, 4.69) is 13.8 Å². The summed E-state index contributed by atoms with van der Waals surface area (Å²) in [5, 5.41) is 0. The zero-order chi connectivity index (χ0) is 7.90. The minimum absolute atomic E-state index is 0.774. The lowest BCUT2D eigenvalue weighted by Gasteiger charge is -2.48. The van der Waals surface area contributed by atoms with Crippen LogP contribution in [-0.4, -0.2) is 0 Å². The molecule has 0 aromatic heterocycles. The van der Waals surface area contributed by atoms with Crippen molar-refractivity contribution < 1.29 is 0 Å². The van der Waals surface area contributed by atoms with Crippen molar-refractivity contribution in [3.05, 3.63) is 0 Å². The van der Waals surface area contributed by atoms with E-state index < -0.39 is 0 Å². The highest BCUT2D eigenvalue weighted by Crippen LogP contribution is 2.54. The summed E-state index contributed by atoms with van der Waals surface area (Å²) in [6.07, 6.45) is 9.10. The molecule has 0 heteroatoms. The van der Waals surface area contributed by atoms with Crippen LogP contribution in [0.15, 0.2) is 0 Å². The lowest BCUT2D eigenvalue weighted by atomic mass is 9.57. The molecule has 2 rings (SSSR count). The fourth-order valence-electron chi connectivity index (χ4n) is 3.49. The number of hydrogen-bond donors (Lipinski definition) is 0. The standard InChI is InChI=1S/C11H20/c1-9-7-11(2,8-9)10-5-3-4-6-10/h9-10H,3-8H2,1-2H3. The van der Waals surface area contributed by atoms with Crippen molar-refractivity contribution in [1.29, 1.82) is 0 Å². The first-order chi connectivity index (χ1) is 5.21. The molecule has 2 saturated carbocycles. The minimum atomic E-state index is 0.774. The Balaban J connectivity index is 1.93. The first-order valence-corrected chi connectivity index (χ1v) is 5.21. The van der Waals surface area contributed by atoms with Crippen molar-refractivity contribution in [3.63, 3.8) is 0 Å². The first-order valence-electron chi connectivity index (χ1n) is 5.21. The fourth-order valence-corrected chi connectivity index (χ4v) is 3.49. The van der Waals surface area contributed by atoms with E-state index in [0.29, 0.717) is 0 Å². The minimum Gasteiger partial charge on any atom is -0.0625 e. The van der Waals surface area contributed by atoms with E-state index in [9.17, 15) is 0 Å². The lowest BCUT2D eigenvalue weighted by molar-refractivity contribution is 0.0217. The Hall–Kier alpha value is 0. The summed E-state index contributed by atoms with van der Waals surface area (Å²) in [5.41, 5.74) is 0.774. The third-order valence-corrected chi connectivity index (χ3v) is 3.97. The van der Waals surface area contributed by atoms with Crippen molar-refractivity contribution in [3.8, 4) is 0 Å². The van der Waals surface area contributed by atoms with Gasteiger partial charge in [0.15, 0.2) is 0 Å². The van der Waals surface area contributed by atoms with Gasteiger partial charge in [0.25, 0.3) is 0 Å². The quantitative estimate of drug-likeness (QED) is 0.538. The van der Waals surface area contributed by atoms with Gasteiger partial charge in [0.2, 0.25) is 0 Å². The lowest BCUT2D eigenvalue weighted by Crippen LogP contribution is -2.38. The highest BCUT2D eigenvalue weighted by molar-refractivity contribution is 4.94. The molecule has 0 spiro atoms. The average molecular weight is 152 g/mol. The summed E-state index contributed by atoms with van der Waals surface area (Å²) < 4.78 is 0.